The number of halogens is 3. The van der Waals surface area contributed by atoms with E-state index >= 15 is 0 Å². The summed E-state index contributed by atoms with van der Waals surface area (Å²) in [7, 11) is 0. The number of anilines is 3. The Balaban J connectivity index is 1.70. The van der Waals surface area contributed by atoms with Gasteiger partial charge in [-0.25, -0.2) is 9.37 Å². The highest BCUT2D eigenvalue weighted by Gasteiger charge is 2.12. The fourth-order valence-electron chi connectivity index (χ4n) is 1.89. The van der Waals surface area contributed by atoms with Gasteiger partial charge in [-0.3, -0.25) is 4.79 Å². The lowest BCUT2D eigenvalue weighted by Crippen LogP contribution is -2.12. The number of hydrogen-bond acceptors (Lipinski definition) is 4. The van der Waals surface area contributed by atoms with Crippen molar-refractivity contribution >= 4 is 57.0 Å². The maximum Gasteiger partial charge on any atom is 0.275 e. The van der Waals surface area contributed by atoms with Crippen LogP contribution in [-0.4, -0.2) is 10.9 Å². The van der Waals surface area contributed by atoms with E-state index in [1.165, 1.54) is 29.5 Å². The van der Waals surface area contributed by atoms with Crippen molar-refractivity contribution in [1.82, 2.24) is 4.98 Å². The summed E-state index contributed by atoms with van der Waals surface area (Å²) in [4.78, 5) is 16.4. The summed E-state index contributed by atoms with van der Waals surface area (Å²) in [5.41, 5.74) is 1.41. The topological polar surface area (TPSA) is 54.0 Å². The molecule has 0 spiro atoms. The Morgan fingerprint density at radius 2 is 1.96 bits per heavy atom. The number of benzene rings is 2. The first kappa shape index (κ1) is 16.7. The molecule has 0 aliphatic heterocycles. The number of aromatic nitrogens is 1. The number of hydrogen-bond donors (Lipinski definition) is 2. The lowest BCUT2D eigenvalue weighted by molar-refractivity contribution is 0.102. The van der Waals surface area contributed by atoms with Crippen molar-refractivity contribution in [2.75, 3.05) is 10.6 Å². The maximum atomic E-state index is 13.1. The van der Waals surface area contributed by atoms with Gasteiger partial charge in [-0.1, -0.05) is 29.3 Å². The summed E-state index contributed by atoms with van der Waals surface area (Å²) in [5, 5.41) is 8.40. The van der Waals surface area contributed by atoms with Crippen molar-refractivity contribution in [3.05, 3.63) is 69.4 Å². The number of nitrogens with one attached hydrogen (secondary N) is 2. The third-order valence-corrected chi connectivity index (χ3v) is 4.27. The third kappa shape index (κ3) is 4.03. The number of rotatable bonds is 4. The first-order chi connectivity index (χ1) is 11.5. The van der Waals surface area contributed by atoms with Crippen molar-refractivity contribution in [3.8, 4) is 0 Å². The molecule has 1 aromatic heterocycles. The van der Waals surface area contributed by atoms with Crippen LogP contribution >= 0.6 is 34.5 Å². The van der Waals surface area contributed by atoms with Gasteiger partial charge in [0.1, 0.15) is 11.5 Å². The van der Waals surface area contributed by atoms with Gasteiger partial charge in [-0.2, -0.15) is 0 Å². The van der Waals surface area contributed by atoms with Gasteiger partial charge in [0.15, 0.2) is 5.13 Å². The molecule has 0 unspecified atom stereocenters. The fraction of sp³-hybridized carbons (Fsp3) is 0. The van der Waals surface area contributed by atoms with Crippen molar-refractivity contribution < 1.29 is 9.18 Å². The van der Waals surface area contributed by atoms with Crippen molar-refractivity contribution in [2.45, 2.75) is 0 Å². The van der Waals surface area contributed by atoms with Crippen molar-refractivity contribution in [3.63, 3.8) is 0 Å². The van der Waals surface area contributed by atoms with Crippen LogP contribution in [0.2, 0.25) is 10.0 Å². The van der Waals surface area contributed by atoms with E-state index in [0.29, 0.717) is 15.8 Å². The monoisotopic (exact) mass is 381 g/mol. The minimum absolute atomic E-state index is 0.0608. The normalized spacial score (nSPS) is 10.5. The zero-order chi connectivity index (χ0) is 17.1. The number of carbonyl (C=O) groups is 1. The SMILES string of the molecule is O=C(Nc1ccc(F)c(Cl)c1)c1csc(Nc2cccc(Cl)c2)n1. The molecule has 0 fully saturated rings. The average molecular weight is 382 g/mol. The predicted octanol–water partition coefficient (Wildman–Crippen LogP) is 5.58. The number of thiazole rings is 1. The number of carbonyl (C=O) groups excluding carboxylic acids is 1. The van der Waals surface area contributed by atoms with E-state index < -0.39 is 11.7 Å². The van der Waals surface area contributed by atoms with Crippen LogP contribution in [0.15, 0.2) is 47.8 Å². The lowest BCUT2D eigenvalue weighted by atomic mass is 10.3. The van der Waals surface area contributed by atoms with E-state index in [2.05, 4.69) is 15.6 Å². The molecule has 3 rings (SSSR count). The molecule has 0 atom stereocenters. The summed E-state index contributed by atoms with van der Waals surface area (Å²) >= 11 is 12.9. The molecule has 122 valence electrons. The zero-order valence-corrected chi connectivity index (χ0v) is 14.3. The molecule has 0 saturated heterocycles. The van der Waals surface area contributed by atoms with Crippen molar-refractivity contribution in [2.24, 2.45) is 0 Å². The lowest BCUT2D eigenvalue weighted by Gasteiger charge is -2.04. The molecule has 1 heterocycles. The van der Waals surface area contributed by atoms with E-state index in [-0.39, 0.29) is 10.7 Å². The largest absolute Gasteiger partial charge is 0.331 e. The quantitative estimate of drug-likeness (QED) is 0.619. The van der Waals surface area contributed by atoms with Gasteiger partial charge in [0.2, 0.25) is 0 Å². The Labute approximate surface area is 151 Å². The van der Waals surface area contributed by atoms with Crippen LogP contribution in [0.5, 0.6) is 0 Å². The van der Waals surface area contributed by atoms with E-state index in [1.54, 1.807) is 17.5 Å². The molecule has 8 heteroatoms. The first-order valence-electron chi connectivity index (χ1n) is 6.76. The molecule has 0 radical (unpaired) electrons. The Hall–Kier alpha value is -2.15. The molecular formula is C16H10Cl2FN3OS. The van der Waals surface area contributed by atoms with Gasteiger partial charge in [-0.15, -0.1) is 11.3 Å². The molecule has 2 N–H and O–H groups in total. The van der Waals surface area contributed by atoms with Crippen LogP contribution < -0.4 is 10.6 Å². The van der Waals surface area contributed by atoms with E-state index in [9.17, 15) is 9.18 Å². The van der Waals surface area contributed by atoms with E-state index in [0.717, 1.165) is 5.69 Å². The minimum Gasteiger partial charge on any atom is -0.331 e. The van der Waals surface area contributed by atoms with Crippen LogP contribution in [0.4, 0.5) is 20.9 Å². The smallest absolute Gasteiger partial charge is 0.275 e. The Bertz CT molecular complexity index is 901. The summed E-state index contributed by atoms with van der Waals surface area (Å²) in [5.74, 6) is -0.954. The first-order valence-corrected chi connectivity index (χ1v) is 8.39. The highest BCUT2D eigenvalue weighted by atomic mass is 35.5. The maximum absolute atomic E-state index is 13.1. The molecule has 1 amide bonds. The van der Waals surface area contributed by atoms with Crippen LogP contribution in [0.1, 0.15) is 10.5 Å². The van der Waals surface area contributed by atoms with Gasteiger partial charge in [0.25, 0.3) is 5.91 Å². The second-order valence-corrected chi connectivity index (χ2v) is 6.46. The second kappa shape index (κ2) is 7.17. The average Bonchev–Trinajstić information content (AvgIpc) is 2.99. The molecule has 24 heavy (non-hydrogen) atoms. The summed E-state index contributed by atoms with van der Waals surface area (Å²) in [6, 6.07) is 11.1. The third-order valence-electron chi connectivity index (χ3n) is 2.99. The van der Waals surface area contributed by atoms with Gasteiger partial charge in [-0.05, 0) is 36.4 Å². The van der Waals surface area contributed by atoms with E-state index in [4.69, 9.17) is 23.2 Å². The van der Waals surface area contributed by atoms with Crippen LogP contribution in [-0.2, 0) is 0 Å². The van der Waals surface area contributed by atoms with Gasteiger partial charge < -0.3 is 10.6 Å². The standard InChI is InChI=1S/C16H10Cl2FN3OS/c17-9-2-1-3-10(6-9)21-16-22-14(8-24-16)15(23)20-11-4-5-13(19)12(18)7-11/h1-8H,(H,20,23)(H,21,22). The molecule has 0 aliphatic rings. The highest BCUT2D eigenvalue weighted by molar-refractivity contribution is 7.14. The molecule has 0 aliphatic carbocycles. The molecule has 3 aromatic rings. The molecule has 0 saturated carbocycles. The Morgan fingerprint density at radius 1 is 1.12 bits per heavy atom. The minimum atomic E-state index is -0.545. The fourth-order valence-corrected chi connectivity index (χ4v) is 2.98. The zero-order valence-electron chi connectivity index (χ0n) is 12.0. The van der Waals surface area contributed by atoms with Gasteiger partial charge in [0, 0.05) is 21.8 Å². The predicted molar refractivity (Wildman–Crippen MR) is 96.2 cm³/mol. The molecule has 2 aromatic carbocycles. The Morgan fingerprint density at radius 3 is 2.71 bits per heavy atom. The second-order valence-electron chi connectivity index (χ2n) is 4.76. The van der Waals surface area contributed by atoms with Gasteiger partial charge >= 0.3 is 0 Å². The molecule has 4 nitrogen and oxygen atoms in total. The number of amides is 1. The number of nitrogens with zero attached hydrogens (tertiary/aromatic N) is 1. The Kier molecular flexibility index (Phi) is 4.99. The van der Waals surface area contributed by atoms with Crippen LogP contribution in [0.3, 0.4) is 0 Å². The van der Waals surface area contributed by atoms with Crippen LogP contribution in [0.25, 0.3) is 0 Å². The molecular weight excluding hydrogens is 372 g/mol. The highest BCUT2D eigenvalue weighted by Crippen LogP contribution is 2.24. The van der Waals surface area contributed by atoms with E-state index in [1.807, 2.05) is 12.1 Å². The molecule has 0 bridgehead atoms. The summed E-state index contributed by atoms with van der Waals surface area (Å²) in [6.07, 6.45) is 0. The summed E-state index contributed by atoms with van der Waals surface area (Å²) in [6.45, 7) is 0. The van der Waals surface area contributed by atoms with Crippen LogP contribution in [0, 0.1) is 5.82 Å². The summed E-state index contributed by atoms with van der Waals surface area (Å²) < 4.78 is 13.1. The van der Waals surface area contributed by atoms with Crippen molar-refractivity contribution in [1.29, 1.82) is 0 Å². The van der Waals surface area contributed by atoms with Gasteiger partial charge in [0.05, 0.1) is 5.02 Å².